The number of rotatable bonds is 8. The fourth-order valence-electron chi connectivity index (χ4n) is 3.87. The van der Waals surface area contributed by atoms with Crippen LogP contribution in [0.1, 0.15) is 29.2 Å². The van der Waals surface area contributed by atoms with Gasteiger partial charge in [0.15, 0.2) is 0 Å². The highest BCUT2D eigenvalue weighted by Crippen LogP contribution is 2.25. The monoisotopic (exact) mass is 432 g/mol. The molecule has 0 aliphatic rings. The van der Waals surface area contributed by atoms with Crippen LogP contribution in [0.5, 0.6) is 5.75 Å². The molecule has 0 atom stereocenters. The van der Waals surface area contributed by atoms with Crippen LogP contribution >= 0.6 is 11.6 Å². The summed E-state index contributed by atoms with van der Waals surface area (Å²) in [5, 5.41) is 2.37. The average molecular weight is 433 g/mol. The molecule has 0 fully saturated rings. The highest BCUT2D eigenvalue weighted by molar-refractivity contribution is 6.30. The second-order valence-electron chi connectivity index (χ2n) is 7.80. The molecule has 0 bridgehead atoms. The van der Waals surface area contributed by atoms with Gasteiger partial charge in [-0.3, -0.25) is 0 Å². The van der Waals surface area contributed by atoms with Crippen molar-refractivity contribution < 1.29 is 9.13 Å². The minimum absolute atomic E-state index is 0.107. The summed E-state index contributed by atoms with van der Waals surface area (Å²) in [6.07, 6.45) is 3.33. The lowest BCUT2D eigenvalue weighted by atomic mass is 9.97. The van der Waals surface area contributed by atoms with Gasteiger partial charge in [-0.15, -0.1) is 0 Å². The Morgan fingerprint density at radius 3 is 2.03 bits per heavy atom. The lowest BCUT2D eigenvalue weighted by Gasteiger charge is -2.09. The number of hydrogen-bond donors (Lipinski definition) is 0. The van der Waals surface area contributed by atoms with Gasteiger partial charge in [0.1, 0.15) is 11.6 Å². The second-order valence-corrected chi connectivity index (χ2v) is 8.23. The Kier molecular flexibility index (Phi) is 6.89. The van der Waals surface area contributed by atoms with Gasteiger partial charge < -0.3 is 4.74 Å². The molecule has 0 unspecified atom stereocenters. The van der Waals surface area contributed by atoms with Crippen molar-refractivity contribution in [2.24, 2.45) is 0 Å². The lowest BCUT2D eigenvalue weighted by Crippen LogP contribution is -1.97. The van der Waals surface area contributed by atoms with Crippen molar-refractivity contribution in [1.82, 2.24) is 0 Å². The Balaban J connectivity index is 1.43. The molecule has 0 amide bonds. The standard InChI is InChI=1S/C28H26ClFO/c1-2-31-26-16-8-20(9-17-26)3-4-22-10-18-27-24(19-22)13-12-23(28(27)30)11-5-21-6-14-25(29)15-7-21/h6-10,12-19H,2-5,11H2,1H3. The van der Waals surface area contributed by atoms with Gasteiger partial charge in [-0.05, 0) is 84.5 Å². The first-order valence-electron chi connectivity index (χ1n) is 10.8. The van der Waals surface area contributed by atoms with E-state index in [1.807, 2.05) is 67.6 Å². The summed E-state index contributed by atoms with van der Waals surface area (Å²) in [4.78, 5) is 0. The summed E-state index contributed by atoms with van der Waals surface area (Å²) in [5.41, 5.74) is 4.40. The lowest BCUT2D eigenvalue weighted by molar-refractivity contribution is 0.340. The van der Waals surface area contributed by atoms with Gasteiger partial charge in [-0.1, -0.05) is 66.2 Å². The molecule has 3 heteroatoms. The van der Waals surface area contributed by atoms with Crippen LogP contribution in [0.4, 0.5) is 4.39 Å². The Bertz CT molecular complexity index is 1150. The molecular weight excluding hydrogens is 407 g/mol. The fourth-order valence-corrected chi connectivity index (χ4v) is 4.00. The van der Waals surface area contributed by atoms with Gasteiger partial charge in [0.05, 0.1) is 6.61 Å². The van der Waals surface area contributed by atoms with E-state index in [1.54, 1.807) is 0 Å². The van der Waals surface area contributed by atoms with Crippen LogP contribution in [0, 0.1) is 5.82 Å². The molecule has 0 spiro atoms. The van der Waals surface area contributed by atoms with E-state index in [0.717, 1.165) is 46.5 Å². The van der Waals surface area contributed by atoms with Crippen molar-refractivity contribution in [2.75, 3.05) is 6.61 Å². The van der Waals surface area contributed by atoms with Crippen LogP contribution in [0.25, 0.3) is 10.8 Å². The fraction of sp³-hybridized carbons (Fsp3) is 0.214. The van der Waals surface area contributed by atoms with Gasteiger partial charge >= 0.3 is 0 Å². The van der Waals surface area contributed by atoms with E-state index >= 15 is 4.39 Å². The first kappa shape index (κ1) is 21.4. The Morgan fingerprint density at radius 2 is 1.32 bits per heavy atom. The number of hydrogen-bond acceptors (Lipinski definition) is 1. The third kappa shape index (κ3) is 5.45. The van der Waals surface area contributed by atoms with Crippen molar-refractivity contribution in [3.05, 3.63) is 112 Å². The molecule has 0 heterocycles. The molecule has 0 radical (unpaired) electrons. The first-order valence-corrected chi connectivity index (χ1v) is 11.2. The molecule has 0 aliphatic carbocycles. The molecule has 4 aromatic carbocycles. The molecule has 158 valence electrons. The quantitative estimate of drug-likeness (QED) is 0.278. The van der Waals surface area contributed by atoms with Gasteiger partial charge in [0, 0.05) is 10.4 Å². The topological polar surface area (TPSA) is 9.23 Å². The van der Waals surface area contributed by atoms with Gasteiger partial charge in [0.2, 0.25) is 0 Å². The normalized spacial score (nSPS) is 11.1. The van der Waals surface area contributed by atoms with Gasteiger partial charge in [-0.2, -0.15) is 0 Å². The van der Waals surface area contributed by atoms with E-state index in [0.29, 0.717) is 18.4 Å². The zero-order valence-electron chi connectivity index (χ0n) is 17.7. The van der Waals surface area contributed by atoms with Crippen molar-refractivity contribution in [3.63, 3.8) is 0 Å². The van der Waals surface area contributed by atoms with E-state index in [4.69, 9.17) is 16.3 Å². The summed E-state index contributed by atoms with van der Waals surface area (Å²) in [5.74, 6) is 0.795. The SMILES string of the molecule is CCOc1ccc(CCc2ccc3c(F)c(CCc4ccc(Cl)cc4)ccc3c2)cc1. The summed E-state index contributed by atoms with van der Waals surface area (Å²) >= 11 is 5.94. The minimum atomic E-state index is -0.107. The zero-order chi connectivity index (χ0) is 21.6. The molecule has 0 saturated carbocycles. The van der Waals surface area contributed by atoms with Crippen molar-refractivity contribution >= 4 is 22.4 Å². The zero-order valence-corrected chi connectivity index (χ0v) is 18.5. The van der Waals surface area contributed by atoms with E-state index in [2.05, 4.69) is 18.2 Å². The van der Waals surface area contributed by atoms with Crippen LogP contribution in [0.15, 0.2) is 78.9 Å². The number of halogens is 2. The summed E-state index contributed by atoms with van der Waals surface area (Å²) < 4.78 is 20.6. The largest absolute Gasteiger partial charge is 0.494 e. The molecule has 0 N–H and O–H groups in total. The Hall–Kier alpha value is -2.84. The predicted octanol–water partition coefficient (Wildman–Crippen LogP) is 7.60. The highest BCUT2D eigenvalue weighted by atomic mass is 35.5. The van der Waals surface area contributed by atoms with Crippen molar-refractivity contribution in [2.45, 2.75) is 32.6 Å². The maximum atomic E-state index is 15.1. The molecule has 31 heavy (non-hydrogen) atoms. The van der Waals surface area contributed by atoms with E-state index in [9.17, 15) is 0 Å². The molecule has 0 saturated heterocycles. The van der Waals surface area contributed by atoms with Gasteiger partial charge in [0.25, 0.3) is 0 Å². The molecule has 4 aromatic rings. The van der Waals surface area contributed by atoms with Crippen molar-refractivity contribution in [3.8, 4) is 5.75 Å². The number of ether oxygens (including phenoxy) is 1. The smallest absolute Gasteiger partial charge is 0.134 e. The van der Waals surface area contributed by atoms with Crippen LogP contribution in [0.3, 0.4) is 0 Å². The van der Waals surface area contributed by atoms with Crippen molar-refractivity contribution in [1.29, 1.82) is 0 Å². The number of fused-ring (bicyclic) bond motifs is 1. The molecular formula is C28H26ClFO. The third-order valence-corrected chi connectivity index (χ3v) is 5.88. The van der Waals surface area contributed by atoms with E-state index < -0.39 is 0 Å². The van der Waals surface area contributed by atoms with Crippen LogP contribution in [-0.2, 0) is 25.7 Å². The summed E-state index contributed by atoms with van der Waals surface area (Å²) in [7, 11) is 0. The first-order chi connectivity index (χ1) is 15.1. The maximum Gasteiger partial charge on any atom is 0.134 e. The minimum Gasteiger partial charge on any atom is -0.494 e. The average Bonchev–Trinajstić information content (AvgIpc) is 2.79. The molecule has 0 aromatic heterocycles. The Morgan fingerprint density at radius 1 is 0.710 bits per heavy atom. The van der Waals surface area contributed by atoms with Crippen LogP contribution in [0.2, 0.25) is 5.02 Å². The van der Waals surface area contributed by atoms with Gasteiger partial charge in [-0.25, -0.2) is 4.39 Å². The number of aryl methyl sites for hydroxylation is 4. The maximum absolute atomic E-state index is 15.1. The third-order valence-electron chi connectivity index (χ3n) is 5.63. The summed E-state index contributed by atoms with van der Waals surface area (Å²) in [6, 6.07) is 26.0. The molecule has 1 nitrogen and oxygen atoms in total. The molecule has 0 aliphatic heterocycles. The highest BCUT2D eigenvalue weighted by Gasteiger charge is 2.09. The second kappa shape index (κ2) is 9.98. The predicted molar refractivity (Wildman–Crippen MR) is 128 cm³/mol. The summed E-state index contributed by atoms with van der Waals surface area (Å²) in [6.45, 7) is 2.66. The van der Waals surface area contributed by atoms with Crippen LogP contribution in [-0.4, -0.2) is 6.61 Å². The molecule has 4 rings (SSSR count). The van der Waals surface area contributed by atoms with E-state index in [-0.39, 0.29) is 5.82 Å². The van der Waals surface area contributed by atoms with E-state index in [1.165, 1.54) is 11.1 Å². The Labute approximate surface area is 188 Å². The van der Waals surface area contributed by atoms with Crippen LogP contribution < -0.4 is 4.74 Å². The number of benzene rings is 4.